The third kappa shape index (κ3) is 2.67. The second-order valence-electron chi connectivity index (χ2n) is 3.27. The van der Waals surface area contributed by atoms with Crippen molar-refractivity contribution < 1.29 is 57.5 Å². The van der Waals surface area contributed by atoms with Crippen molar-refractivity contribution >= 4 is 0 Å². The number of ether oxygens (including phenoxy) is 1. The van der Waals surface area contributed by atoms with Gasteiger partial charge in [0, 0.05) is 11.9 Å². The Morgan fingerprint density at radius 1 is 1.31 bits per heavy atom. The summed E-state index contributed by atoms with van der Waals surface area (Å²) in [5, 5.41) is 0. The van der Waals surface area contributed by atoms with Crippen molar-refractivity contribution in [3.63, 3.8) is 0 Å². The van der Waals surface area contributed by atoms with Crippen LogP contribution in [0.1, 0.15) is 7.12 Å². The second kappa shape index (κ2) is 5.84. The molecule has 1 aromatic carbocycles. The number of benzene rings is 1. The molecule has 4 nitrogen and oxygen atoms in total. The van der Waals surface area contributed by atoms with Crippen LogP contribution >= 0.6 is 0 Å². The van der Waals surface area contributed by atoms with Gasteiger partial charge in [0.1, 0.15) is 5.75 Å². The van der Waals surface area contributed by atoms with E-state index >= 15 is 0 Å². The fourth-order valence-electron chi connectivity index (χ4n) is 1.51. The topological polar surface area (TPSA) is 47.0 Å². The number of nitrogens with zero attached hydrogens (tertiary/aromatic N) is 1. The van der Waals surface area contributed by atoms with Crippen LogP contribution in [-0.2, 0) is 0 Å². The Morgan fingerprint density at radius 3 is 2.38 bits per heavy atom. The van der Waals surface area contributed by atoms with Gasteiger partial charge in [0.2, 0.25) is 0 Å². The number of aryl methyl sites for hydroxylation is 1. The molecule has 5 heteroatoms. The molecule has 16 heavy (non-hydrogen) atoms. The maximum absolute atomic E-state index is 11.5. The van der Waals surface area contributed by atoms with E-state index in [0.29, 0.717) is 0 Å². The number of aromatic nitrogens is 2. The van der Waals surface area contributed by atoms with Gasteiger partial charge in [-0.1, -0.05) is 0 Å². The molecular formula is C11H13KN2O2. The first-order valence-corrected chi connectivity index (χ1v) is 4.64. The predicted molar refractivity (Wildman–Crippen MR) is 58.8 cm³/mol. The molecule has 80 valence electrons. The van der Waals surface area contributed by atoms with Crippen LogP contribution in [-0.4, -0.2) is 16.7 Å². The average molecular weight is 244 g/mol. The summed E-state index contributed by atoms with van der Waals surface area (Å²) in [7, 11) is 1.61. The Labute approximate surface area is 138 Å². The molecule has 2 aromatic rings. The Bertz CT molecular complexity index is 519. The van der Waals surface area contributed by atoms with Gasteiger partial charge >= 0.3 is 57.1 Å². The zero-order valence-electron chi connectivity index (χ0n) is 10.7. The first-order chi connectivity index (χ1) is 7.22. The molecule has 1 N–H and O–H groups in total. The van der Waals surface area contributed by atoms with E-state index in [1.54, 1.807) is 17.9 Å². The van der Waals surface area contributed by atoms with E-state index in [1.165, 1.54) is 0 Å². The van der Waals surface area contributed by atoms with E-state index < -0.39 is 0 Å². The molecule has 0 saturated carbocycles. The van der Waals surface area contributed by atoms with Crippen molar-refractivity contribution in [3.8, 4) is 11.4 Å². The zero-order valence-corrected chi connectivity index (χ0v) is 12.8. The molecule has 0 amide bonds. The maximum atomic E-state index is 11.5. The van der Waals surface area contributed by atoms with E-state index in [9.17, 15) is 4.79 Å². The van der Waals surface area contributed by atoms with Crippen molar-refractivity contribution in [1.29, 1.82) is 0 Å². The summed E-state index contributed by atoms with van der Waals surface area (Å²) in [5.41, 5.74) is 1.59. The molecule has 0 bridgehead atoms. The van der Waals surface area contributed by atoms with Gasteiger partial charge in [-0.15, -0.1) is 0 Å². The zero-order chi connectivity index (χ0) is 10.8. The van der Waals surface area contributed by atoms with Gasteiger partial charge in [-0.05, 0) is 31.2 Å². The molecule has 0 saturated heterocycles. The number of imidazole rings is 1. The number of nitrogens with one attached hydrogen (secondary N) is 1. The Hall–Kier alpha value is -0.334. The summed E-state index contributed by atoms with van der Waals surface area (Å²) in [6, 6.07) is 7.35. The van der Waals surface area contributed by atoms with Gasteiger partial charge in [0.05, 0.1) is 12.8 Å². The molecule has 0 aliphatic heterocycles. The normalized spacial score (nSPS) is 9.62. The molecule has 1 heterocycles. The van der Waals surface area contributed by atoms with Gasteiger partial charge < -0.3 is 11.1 Å². The van der Waals surface area contributed by atoms with E-state index in [4.69, 9.17) is 4.74 Å². The molecule has 0 unspecified atom stereocenters. The van der Waals surface area contributed by atoms with Crippen molar-refractivity contribution in [1.82, 2.24) is 9.55 Å². The van der Waals surface area contributed by atoms with Gasteiger partial charge in [-0.25, -0.2) is 4.79 Å². The molecule has 1 aromatic heterocycles. The van der Waals surface area contributed by atoms with Crippen molar-refractivity contribution in [2.45, 2.75) is 6.92 Å². The Kier molecular flexibility index (Phi) is 5.01. The predicted octanol–water partition coefficient (Wildman–Crippen LogP) is -1.40. The number of H-pyrrole nitrogens is 1. The quantitative estimate of drug-likeness (QED) is 0.661. The third-order valence-corrected chi connectivity index (χ3v) is 2.29. The second-order valence-corrected chi connectivity index (χ2v) is 3.27. The number of methoxy groups -OCH3 is 1. The van der Waals surface area contributed by atoms with Crippen LogP contribution in [0.2, 0.25) is 0 Å². The molecule has 2 rings (SSSR count). The monoisotopic (exact) mass is 244 g/mol. The third-order valence-electron chi connectivity index (χ3n) is 2.29. The van der Waals surface area contributed by atoms with Gasteiger partial charge in [-0.2, -0.15) is 0 Å². The largest absolute Gasteiger partial charge is 1.00 e. The SMILES string of the molecule is COc1ccc(-n2c(C)c[nH]c2=O)cc1.[H-].[K+]. The van der Waals surface area contributed by atoms with Gasteiger partial charge in [0.15, 0.2) is 0 Å². The van der Waals surface area contributed by atoms with Crippen LogP contribution in [0.15, 0.2) is 35.3 Å². The summed E-state index contributed by atoms with van der Waals surface area (Å²) >= 11 is 0. The number of hydrogen-bond acceptors (Lipinski definition) is 2. The minimum atomic E-state index is -0.127. The molecule has 0 spiro atoms. The summed E-state index contributed by atoms with van der Waals surface area (Å²) in [6.45, 7) is 1.88. The minimum absolute atomic E-state index is 0. The van der Waals surface area contributed by atoms with Crippen LogP contribution in [0.5, 0.6) is 5.75 Å². The Balaban J connectivity index is 0.00000128. The number of aromatic amines is 1. The Morgan fingerprint density at radius 2 is 1.94 bits per heavy atom. The average Bonchev–Trinajstić information content (AvgIpc) is 2.59. The molecule has 0 aliphatic carbocycles. The van der Waals surface area contributed by atoms with E-state index in [-0.39, 0.29) is 58.5 Å². The fourth-order valence-corrected chi connectivity index (χ4v) is 1.51. The van der Waals surface area contributed by atoms with E-state index in [2.05, 4.69) is 4.98 Å². The summed E-state index contributed by atoms with van der Waals surface area (Å²) in [6.07, 6.45) is 1.69. The fraction of sp³-hybridized carbons (Fsp3) is 0.182. The van der Waals surface area contributed by atoms with Crippen LogP contribution in [0, 0.1) is 6.92 Å². The number of hydrogen-bond donors (Lipinski definition) is 1. The van der Waals surface area contributed by atoms with Crippen molar-refractivity contribution in [3.05, 3.63) is 46.6 Å². The maximum Gasteiger partial charge on any atom is 1.00 e. The van der Waals surface area contributed by atoms with E-state index in [1.807, 2.05) is 31.2 Å². The first-order valence-electron chi connectivity index (χ1n) is 4.64. The van der Waals surface area contributed by atoms with Crippen LogP contribution in [0.25, 0.3) is 5.69 Å². The van der Waals surface area contributed by atoms with Crippen molar-refractivity contribution in [2.75, 3.05) is 7.11 Å². The van der Waals surface area contributed by atoms with Gasteiger partial charge in [0.25, 0.3) is 0 Å². The summed E-state index contributed by atoms with van der Waals surface area (Å²) in [5.74, 6) is 0.778. The van der Waals surface area contributed by atoms with Crippen LogP contribution in [0.4, 0.5) is 0 Å². The molecular weight excluding hydrogens is 231 g/mol. The molecule has 0 aliphatic rings. The first kappa shape index (κ1) is 13.7. The van der Waals surface area contributed by atoms with Gasteiger partial charge in [-0.3, -0.25) is 4.57 Å². The van der Waals surface area contributed by atoms with Crippen LogP contribution < -0.4 is 61.8 Å². The standard InChI is InChI=1S/C11H12N2O2.K.H/c1-8-7-12-11(14)13(8)9-3-5-10(15-2)6-4-9;;/h3-7H,1-2H3,(H,12,14);;/q;+1;-1. The van der Waals surface area contributed by atoms with Crippen molar-refractivity contribution in [2.24, 2.45) is 0 Å². The molecule has 0 fully saturated rings. The minimum Gasteiger partial charge on any atom is -1.00 e. The van der Waals surface area contributed by atoms with Crippen LogP contribution in [0.3, 0.4) is 0 Å². The smallest absolute Gasteiger partial charge is 1.00 e. The summed E-state index contributed by atoms with van der Waals surface area (Å²) < 4.78 is 6.66. The molecule has 0 atom stereocenters. The number of rotatable bonds is 2. The summed E-state index contributed by atoms with van der Waals surface area (Å²) in [4.78, 5) is 14.1. The molecule has 0 radical (unpaired) electrons. The van der Waals surface area contributed by atoms with E-state index in [0.717, 1.165) is 17.1 Å².